The van der Waals surface area contributed by atoms with Crippen LogP contribution in [0.2, 0.25) is 10.0 Å². The van der Waals surface area contributed by atoms with E-state index < -0.39 is 0 Å². The minimum atomic E-state index is -0.341. The summed E-state index contributed by atoms with van der Waals surface area (Å²) in [6.07, 6.45) is 0.523. The molecule has 0 heterocycles. The number of anilines is 1. The van der Waals surface area contributed by atoms with Crippen LogP contribution in [-0.2, 0) is 0 Å². The summed E-state index contributed by atoms with van der Waals surface area (Å²) >= 11 is 11.5. The number of aliphatic hydroxyl groups is 1. The SMILES string of the molecule is O=C(NCCCO)Nc1ccc(Cl)c(Cl)c1. The zero-order valence-corrected chi connectivity index (χ0v) is 9.98. The minimum absolute atomic E-state index is 0.0487. The number of nitrogens with one attached hydrogen (secondary N) is 2. The summed E-state index contributed by atoms with van der Waals surface area (Å²) in [5.74, 6) is 0. The van der Waals surface area contributed by atoms with Crippen molar-refractivity contribution in [3.63, 3.8) is 0 Å². The van der Waals surface area contributed by atoms with Gasteiger partial charge in [-0.2, -0.15) is 0 Å². The molecule has 0 aliphatic heterocycles. The fourth-order valence-corrected chi connectivity index (χ4v) is 1.33. The third kappa shape index (κ3) is 4.26. The molecule has 0 aliphatic carbocycles. The monoisotopic (exact) mass is 262 g/mol. The Balaban J connectivity index is 2.46. The molecule has 2 amide bonds. The van der Waals surface area contributed by atoms with E-state index in [-0.39, 0.29) is 12.6 Å². The molecule has 0 fully saturated rings. The van der Waals surface area contributed by atoms with Crippen LogP contribution in [0, 0.1) is 0 Å². The molecule has 1 rings (SSSR count). The average Bonchev–Trinajstić information content (AvgIpc) is 2.24. The van der Waals surface area contributed by atoms with E-state index in [1.54, 1.807) is 18.2 Å². The van der Waals surface area contributed by atoms with Crippen LogP contribution in [0.15, 0.2) is 18.2 Å². The Morgan fingerprint density at radius 1 is 1.31 bits per heavy atom. The molecule has 0 aliphatic rings. The summed E-state index contributed by atoms with van der Waals surface area (Å²) in [6, 6.07) is 4.48. The molecule has 4 nitrogen and oxygen atoms in total. The smallest absolute Gasteiger partial charge is 0.319 e. The fraction of sp³-hybridized carbons (Fsp3) is 0.300. The molecule has 6 heteroatoms. The standard InChI is InChI=1S/C10H12Cl2N2O2/c11-8-3-2-7(6-9(8)12)14-10(16)13-4-1-5-15/h2-3,6,15H,1,4-5H2,(H2,13,14,16). The van der Waals surface area contributed by atoms with Crippen molar-refractivity contribution in [2.75, 3.05) is 18.5 Å². The highest BCUT2D eigenvalue weighted by atomic mass is 35.5. The van der Waals surface area contributed by atoms with Gasteiger partial charge in [0, 0.05) is 18.8 Å². The average molecular weight is 263 g/mol. The molecule has 0 saturated heterocycles. The first-order valence-corrected chi connectivity index (χ1v) is 5.50. The van der Waals surface area contributed by atoms with Crippen molar-refractivity contribution in [2.45, 2.75) is 6.42 Å². The highest BCUT2D eigenvalue weighted by molar-refractivity contribution is 6.42. The topological polar surface area (TPSA) is 61.4 Å². The number of hydrogen-bond acceptors (Lipinski definition) is 2. The summed E-state index contributed by atoms with van der Waals surface area (Å²) in [6.45, 7) is 0.469. The molecule has 88 valence electrons. The van der Waals surface area contributed by atoms with Crippen molar-refractivity contribution in [2.24, 2.45) is 0 Å². The van der Waals surface area contributed by atoms with E-state index in [0.717, 1.165) is 0 Å². The molecular weight excluding hydrogens is 251 g/mol. The van der Waals surface area contributed by atoms with E-state index >= 15 is 0 Å². The van der Waals surface area contributed by atoms with Crippen LogP contribution in [0.1, 0.15) is 6.42 Å². The summed E-state index contributed by atoms with van der Waals surface area (Å²) < 4.78 is 0. The van der Waals surface area contributed by atoms with Gasteiger partial charge in [-0.25, -0.2) is 4.79 Å². The largest absolute Gasteiger partial charge is 0.396 e. The van der Waals surface area contributed by atoms with Crippen LogP contribution in [0.25, 0.3) is 0 Å². The van der Waals surface area contributed by atoms with E-state index in [1.165, 1.54) is 0 Å². The Hall–Kier alpha value is -0.970. The van der Waals surface area contributed by atoms with Gasteiger partial charge in [-0.05, 0) is 24.6 Å². The number of halogens is 2. The normalized spacial score (nSPS) is 9.94. The van der Waals surface area contributed by atoms with Crippen LogP contribution in [-0.4, -0.2) is 24.3 Å². The quantitative estimate of drug-likeness (QED) is 0.731. The minimum Gasteiger partial charge on any atom is -0.396 e. The molecule has 0 atom stereocenters. The van der Waals surface area contributed by atoms with Gasteiger partial charge in [-0.1, -0.05) is 23.2 Å². The lowest BCUT2D eigenvalue weighted by atomic mass is 10.3. The summed E-state index contributed by atoms with van der Waals surface area (Å²) in [7, 11) is 0. The maximum absolute atomic E-state index is 11.3. The lowest BCUT2D eigenvalue weighted by Gasteiger charge is -2.07. The predicted molar refractivity (Wildman–Crippen MR) is 65.2 cm³/mol. The van der Waals surface area contributed by atoms with Crippen molar-refractivity contribution in [1.29, 1.82) is 0 Å². The molecule has 0 radical (unpaired) electrons. The van der Waals surface area contributed by atoms with Crippen LogP contribution < -0.4 is 10.6 Å². The number of rotatable bonds is 4. The van der Waals surface area contributed by atoms with Gasteiger partial charge < -0.3 is 15.7 Å². The first-order chi connectivity index (χ1) is 7.63. The second-order valence-corrected chi connectivity index (χ2v) is 3.90. The van der Waals surface area contributed by atoms with Crippen molar-refractivity contribution >= 4 is 34.9 Å². The predicted octanol–water partition coefficient (Wildman–Crippen LogP) is 2.50. The van der Waals surface area contributed by atoms with Gasteiger partial charge in [0.05, 0.1) is 10.0 Å². The summed E-state index contributed by atoms with van der Waals surface area (Å²) in [4.78, 5) is 11.3. The zero-order valence-electron chi connectivity index (χ0n) is 8.46. The second kappa shape index (κ2) is 6.58. The van der Waals surface area contributed by atoms with Crippen LogP contribution >= 0.6 is 23.2 Å². The lowest BCUT2D eigenvalue weighted by Crippen LogP contribution is -2.29. The van der Waals surface area contributed by atoms with E-state index in [4.69, 9.17) is 28.3 Å². The lowest BCUT2D eigenvalue weighted by molar-refractivity contribution is 0.249. The maximum Gasteiger partial charge on any atom is 0.319 e. The number of benzene rings is 1. The van der Waals surface area contributed by atoms with Gasteiger partial charge in [0.15, 0.2) is 0 Å². The van der Waals surface area contributed by atoms with Crippen LogP contribution in [0.3, 0.4) is 0 Å². The van der Waals surface area contributed by atoms with Gasteiger partial charge in [0.1, 0.15) is 0 Å². The molecule has 1 aromatic carbocycles. The molecule has 0 aromatic heterocycles. The molecule has 0 spiro atoms. The molecule has 1 aromatic rings. The second-order valence-electron chi connectivity index (χ2n) is 3.09. The van der Waals surface area contributed by atoms with Gasteiger partial charge in [0.2, 0.25) is 0 Å². The number of urea groups is 1. The first-order valence-electron chi connectivity index (χ1n) is 4.74. The van der Waals surface area contributed by atoms with Gasteiger partial charge in [-0.3, -0.25) is 0 Å². The third-order valence-corrected chi connectivity index (χ3v) is 2.54. The van der Waals surface area contributed by atoms with E-state index in [9.17, 15) is 4.79 Å². The summed E-state index contributed by atoms with van der Waals surface area (Å²) in [5, 5.41) is 14.5. The Morgan fingerprint density at radius 3 is 2.69 bits per heavy atom. The number of aliphatic hydroxyl groups excluding tert-OH is 1. The first kappa shape index (κ1) is 13.1. The Labute approximate surface area is 104 Å². The molecule has 0 saturated carbocycles. The van der Waals surface area contributed by atoms with Crippen molar-refractivity contribution in [1.82, 2.24) is 5.32 Å². The number of hydrogen-bond donors (Lipinski definition) is 3. The van der Waals surface area contributed by atoms with Crippen molar-refractivity contribution in [3.05, 3.63) is 28.2 Å². The molecule has 0 unspecified atom stereocenters. The van der Waals surface area contributed by atoms with Gasteiger partial charge >= 0.3 is 6.03 Å². The van der Waals surface area contributed by atoms with E-state index in [1.807, 2.05) is 0 Å². The number of carbonyl (C=O) groups excluding carboxylic acids is 1. The van der Waals surface area contributed by atoms with Gasteiger partial charge in [0.25, 0.3) is 0 Å². The van der Waals surface area contributed by atoms with E-state index in [2.05, 4.69) is 10.6 Å². The molecule has 16 heavy (non-hydrogen) atoms. The molecular formula is C10H12Cl2N2O2. The van der Waals surface area contributed by atoms with Crippen molar-refractivity contribution < 1.29 is 9.90 Å². The van der Waals surface area contributed by atoms with Crippen LogP contribution in [0.4, 0.5) is 10.5 Å². The van der Waals surface area contributed by atoms with Crippen molar-refractivity contribution in [3.8, 4) is 0 Å². The number of carbonyl (C=O) groups is 1. The summed E-state index contributed by atoms with van der Waals surface area (Å²) in [5.41, 5.74) is 0.566. The zero-order chi connectivity index (χ0) is 12.0. The van der Waals surface area contributed by atoms with Gasteiger partial charge in [-0.15, -0.1) is 0 Å². The molecule has 0 bridgehead atoms. The maximum atomic E-state index is 11.3. The molecule has 3 N–H and O–H groups in total. The third-order valence-electron chi connectivity index (χ3n) is 1.80. The number of amides is 2. The highest BCUT2D eigenvalue weighted by Crippen LogP contribution is 2.24. The van der Waals surface area contributed by atoms with Crippen LogP contribution in [0.5, 0.6) is 0 Å². The highest BCUT2D eigenvalue weighted by Gasteiger charge is 2.03. The van der Waals surface area contributed by atoms with E-state index in [0.29, 0.717) is 28.7 Å². The Kier molecular flexibility index (Phi) is 5.38. The Bertz CT molecular complexity index is 372. The fourth-order valence-electron chi connectivity index (χ4n) is 1.03. The Morgan fingerprint density at radius 2 is 2.06 bits per heavy atom.